The Morgan fingerprint density at radius 3 is 2.42 bits per heavy atom. The van der Waals surface area contributed by atoms with Crippen LogP contribution in [0, 0.1) is 0 Å². The number of ether oxygens (including phenoxy) is 2. The van der Waals surface area contributed by atoms with Crippen LogP contribution in [0.2, 0.25) is 0 Å². The summed E-state index contributed by atoms with van der Waals surface area (Å²) in [6.07, 6.45) is -1.60. The van der Waals surface area contributed by atoms with E-state index in [4.69, 9.17) is 19.4 Å². The first-order chi connectivity index (χ1) is 15.7. The summed E-state index contributed by atoms with van der Waals surface area (Å²) in [4.78, 5) is 28.6. The van der Waals surface area contributed by atoms with Crippen molar-refractivity contribution < 1.29 is 32.5 Å². The Bertz CT molecular complexity index is 1300. The van der Waals surface area contributed by atoms with E-state index in [0.717, 1.165) is 11.1 Å². The Morgan fingerprint density at radius 1 is 1.12 bits per heavy atom. The van der Waals surface area contributed by atoms with Gasteiger partial charge in [-0.25, -0.2) is 9.78 Å². The van der Waals surface area contributed by atoms with E-state index >= 15 is 0 Å². The van der Waals surface area contributed by atoms with Crippen LogP contribution in [-0.4, -0.2) is 44.5 Å². The molecule has 0 aliphatic carbocycles. The number of carboxylic acids is 1. The van der Waals surface area contributed by atoms with E-state index in [0.29, 0.717) is 28.2 Å². The number of methoxy groups -OCH3 is 1. The molecule has 0 atom stereocenters. The molecule has 2 aromatic carbocycles. The molecule has 0 saturated carbocycles. The third kappa shape index (κ3) is 5.87. The number of aliphatic carboxylic acids is 1. The molecule has 9 nitrogen and oxygen atoms in total. The predicted octanol–water partition coefficient (Wildman–Crippen LogP) is 3.53. The summed E-state index contributed by atoms with van der Waals surface area (Å²) in [5, 5.41) is 14.3. The topological polar surface area (TPSA) is 130 Å². The lowest BCUT2D eigenvalue weighted by atomic mass is 10.1. The minimum atomic E-state index is -5.08. The normalized spacial score (nSPS) is 10.9. The SMILES string of the molecule is COc1ccccc1OCc1nc2ccc(-c3cn[nH]c3)cc2c(=O)[nH]1.O=C(O)C(F)(F)F. The van der Waals surface area contributed by atoms with Gasteiger partial charge in [-0.15, -0.1) is 0 Å². The molecule has 0 aliphatic heterocycles. The zero-order valence-corrected chi connectivity index (χ0v) is 17.0. The fourth-order valence-corrected chi connectivity index (χ4v) is 2.73. The summed E-state index contributed by atoms with van der Waals surface area (Å²) in [6, 6.07) is 12.9. The highest BCUT2D eigenvalue weighted by atomic mass is 19.4. The number of fused-ring (bicyclic) bond motifs is 1. The minimum absolute atomic E-state index is 0.134. The molecule has 4 rings (SSSR count). The molecule has 0 radical (unpaired) electrons. The van der Waals surface area contributed by atoms with Crippen LogP contribution in [0.5, 0.6) is 11.5 Å². The molecule has 0 spiro atoms. The van der Waals surface area contributed by atoms with Crippen molar-refractivity contribution in [3.63, 3.8) is 0 Å². The maximum atomic E-state index is 12.5. The molecule has 12 heteroatoms. The van der Waals surface area contributed by atoms with E-state index in [1.807, 2.05) is 30.3 Å². The largest absolute Gasteiger partial charge is 0.493 e. The van der Waals surface area contributed by atoms with E-state index in [-0.39, 0.29) is 12.2 Å². The lowest BCUT2D eigenvalue weighted by Gasteiger charge is -2.10. The molecule has 33 heavy (non-hydrogen) atoms. The molecule has 0 amide bonds. The van der Waals surface area contributed by atoms with Crippen molar-refractivity contribution in [3.8, 4) is 22.6 Å². The van der Waals surface area contributed by atoms with Crippen LogP contribution in [0.4, 0.5) is 13.2 Å². The third-order valence-corrected chi connectivity index (χ3v) is 4.26. The summed E-state index contributed by atoms with van der Waals surface area (Å²) >= 11 is 0. The molecule has 3 N–H and O–H groups in total. The number of aromatic amines is 2. The quantitative estimate of drug-likeness (QED) is 0.414. The first-order valence-electron chi connectivity index (χ1n) is 9.27. The minimum Gasteiger partial charge on any atom is -0.493 e. The van der Waals surface area contributed by atoms with Gasteiger partial charge in [0, 0.05) is 11.8 Å². The molecule has 0 saturated heterocycles. The highest BCUT2D eigenvalue weighted by molar-refractivity contribution is 5.83. The van der Waals surface area contributed by atoms with E-state index in [2.05, 4.69) is 20.2 Å². The van der Waals surface area contributed by atoms with E-state index in [1.165, 1.54) is 0 Å². The van der Waals surface area contributed by atoms with Crippen molar-refractivity contribution in [1.29, 1.82) is 0 Å². The number of alkyl halides is 3. The number of benzene rings is 2. The number of nitrogens with one attached hydrogen (secondary N) is 2. The molecular formula is C21H17F3N4O5. The Kier molecular flexibility index (Phi) is 6.96. The van der Waals surface area contributed by atoms with Gasteiger partial charge >= 0.3 is 12.1 Å². The molecule has 2 aromatic heterocycles. The van der Waals surface area contributed by atoms with Gasteiger partial charge in [0.2, 0.25) is 0 Å². The van der Waals surface area contributed by atoms with Gasteiger partial charge in [-0.3, -0.25) is 9.89 Å². The van der Waals surface area contributed by atoms with Crippen molar-refractivity contribution in [2.45, 2.75) is 12.8 Å². The maximum Gasteiger partial charge on any atom is 0.490 e. The summed E-state index contributed by atoms with van der Waals surface area (Å²) in [5.74, 6) is -1.09. The molecule has 0 bridgehead atoms. The van der Waals surface area contributed by atoms with Crippen LogP contribution in [0.15, 0.2) is 59.7 Å². The zero-order valence-electron chi connectivity index (χ0n) is 17.0. The van der Waals surface area contributed by atoms with Crippen LogP contribution in [0.1, 0.15) is 5.82 Å². The number of hydrogen-bond acceptors (Lipinski definition) is 6. The van der Waals surface area contributed by atoms with Gasteiger partial charge in [0.25, 0.3) is 5.56 Å². The number of para-hydroxylation sites is 2. The Labute approximate surface area is 183 Å². The first kappa shape index (κ1) is 23.3. The number of hydrogen-bond donors (Lipinski definition) is 3. The number of H-pyrrole nitrogens is 2. The third-order valence-electron chi connectivity index (χ3n) is 4.26. The second-order valence-corrected chi connectivity index (χ2v) is 6.47. The number of carboxylic acid groups (broad SMARTS) is 1. The van der Waals surface area contributed by atoms with Crippen molar-refractivity contribution in [2.24, 2.45) is 0 Å². The van der Waals surface area contributed by atoms with Crippen LogP contribution in [-0.2, 0) is 11.4 Å². The van der Waals surface area contributed by atoms with E-state index in [1.54, 1.807) is 31.6 Å². The van der Waals surface area contributed by atoms with Crippen molar-refractivity contribution in [1.82, 2.24) is 20.2 Å². The van der Waals surface area contributed by atoms with Gasteiger partial charge in [-0.2, -0.15) is 18.3 Å². The molecular weight excluding hydrogens is 445 g/mol. The average Bonchev–Trinajstić information content (AvgIpc) is 3.32. The molecule has 0 fully saturated rings. The summed E-state index contributed by atoms with van der Waals surface area (Å²) in [5.41, 5.74) is 2.21. The van der Waals surface area contributed by atoms with Gasteiger partial charge in [0.05, 0.1) is 24.2 Å². The Hall–Kier alpha value is -4.35. The Balaban J connectivity index is 0.000000383. The standard InChI is InChI=1S/C19H16N4O3.C2HF3O2/c1-25-16-4-2-3-5-17(16)26-11-18-22-15-7-6-12(13-9-20-21-10-13)8-14(15)19(24)23-18;3-2(4,5)1(6)7/h2-10H,11H2,1H3,(H,20,21)(H,22,23,24);(H,6,7). The van der Waals surface area contributed by atoms with Gasteiger partial charge in [-0.05, 0) is 29.8 Å². The smallest absolute Gasteiger partial charge is 0.490 e. The number of rotatable bonds is 5. The molecule has 0 unspecified atom stereocenters. The van der Waals surface area contributed by atoms with Gasteiger partial charge in [0.1, 0.15) is 12.4 Å². The number of halogens is 3. The highest BCUT2D eigenvalue weighted by Gasteiger charge is 2.38. The first-order valence-corrected chi connectivity index (χ1v) is 9.27. The molecule has 172 valence electrons. The van der Waals surface area contributed by atoms with Crippen LogP contribution >= 0.6 is 0 Å². The van der Waals surface area contributed by atoms with Gasteiger partial charge < -0.3 is 19.6 Å². The summed E-state index contributed by atoms with van der Waals surface area (Å²) < 4.78 is 42.7. The number of aromatic nitrogens is 4. The Morgan fingerprint density at radius 2 is 1.82 bits per heavy atom. The second-order valence-electron chi connectivity index (χ2n) is 6.47. The monoisotopic (exact) mass is 462 g/mol. The fourth-order valence-electron chi connectivity index (χ4n) is 2.73. The second kappa shape index (κ2) is 9.85. The number of carbonyl (C=O) groups is 1. The zero-order chi connectivity index (χ0) is 24.0. The van der Waals surface area contributed by atoms with E-state index in [9.17, 15) is 18.0 Å². The van der Waals surface area contributed by atoms with Crippen LogP contribution in [0.25, 0.3) is 22.0 Å². The summed E-state index contributed by atoms with van der Waals surface area (Å²) in [7, 11) is 1.58. The van der Waals surface area contributed by atoms with Crippen molar-refractivity contribution >= 4 is 16.9 Å². The molecule has 0 aliphatic rings. The predicted molar refractivity (Wildman–Crippen MR) is 111 cm³/mol. The lowest BCUT2D eigenvalue weighted by Crippen LogP contribution is -2.21. The maximum absolute atomic E-state index is 12.5. The summed E-state index contributed by atoms with van der Waals surface area (Å²) in [6.45, 7) is 0.134. The number of nitrogens with zero attached hydrogens (tertiary/aromatic N) is 2. The van der Waals surface area contributed by atoms with Gasteiger partial charge in [-0.1, -0.05) is 18.2 Å². The van der Waals surface area contributed by atoms with Crippen molar-refractivity contribution in [3.05, 3.63) is 71.0 Å². The molecule has 2 heterocycles. The van der Waals surface area contributed by atoms with Crippen LogP contribution in [0.3, 0.4) is 0 Å². The highest BCUT2D eigenvalue weighted by Crippen LogP contribution is 2.26. The average molecular weight is 462 g/mol. The van der Waals surface area contributed by atoms with E-state index < -0.39 is 12.1 Å². The molecule has 4 aromatic rings. The van der Waals surface area contributed by atoms with Gasteiger partial charge in [0.15, 0.2) is 11.5 Å². The van der Waals surface area contributed by atoms with Crippen LogP contribution < -0.4 is 15.0 Å². The lowest BCUT2D eigenvalue weighted by molar-refractivity contribution is -0.192. The fraction of sp³-hybridized carbons (Fsp3) is 0.143. The van der Waals surface area contributed by atoms with Crippen molar-refractivity contribution in [2.75, 3.05) is 7.11 Å².